The highest BCUT2D eigenvalue weighted by Gasteiger charge is 2.43. The lowest BCUT2D eigenvalue weighted by molar-refractivity contribution is 0.0716. The molecule has 0 radical (unpaired) electrons. The van der Waals surface area contributed by atoms with Gasteiger partial charge in [0.2, 0.25) is 0 Å². The molecule has 0 saturated heterocycles. The average molecular weight is 536 g/mol. The van der Waals surface area contributed by atoms with Crippen molar-refractivity contribution >= 4 is 17.5 Å². The monoisotopic (exact) mass is 535 g/mol. The molecule has 2 N–H and O–H groups in total. The molecule has 0 spiro atoms. The van der Waals surface area contributed by atoms with Gasteiger partial charge in [-0.25, -0.2) is 0 Å². The molecule has 1 unspecified atom stereocenters. The van der Waals surface area contributed by atoms with E-state index in [1.54, 1.807) is 29.4 Å². The van der Waals surface area contributed by atoms with E-state index in [1.807, 2.05) is 31.2 Å². The topological polar surface area (TPSA) is 101 Å². The zero-order valence-electron chi connectivity index (χ0n) is 21.4. The van der Waals surface area contributed by atoms with Gasteiger partial charge in [-0.1, -0.05) is 37.4 Å². The van der Waals surface area contributed by atoms with Gasteiger partial charge < -0.3 is 23.9 Å². The van der Waals surface area contributed by atoms with Crippen LogP contribution in [0.2, 0.25) is 5.02 Å². The van der Waals surface area contributed by atoms with Crippen LogP contribution in [-0.2, 0) is 6.54 Å². The Hall–Kier alpha value is -3.91. The zero-order valence-corrected chi connectivity index (χ0v) is 22.1. The highest BCUT2D eigenvalue weighted by Crippen LogP contribution is 2.46. The maximum absolute atomic E-state index is 13.7. The van der Waals surface area contributed by atoms with Crippen LogP contribution in [-0.4, -0.2) is 39.3 Å². The summed E-state index contributed by atoms with van der Waals surface area (Å²) in [4.78, 5) is 15.4. The Morgan fingerprint density at radius 1 is 1.11 bits per heavy atom. The summed E-state index contributed by atoms with van der Waals surface area (Å²) in [7, 11) is 0. The van der Waals surface area contributed by atoms with E-state index >= 15 is 0 Å². The number of nitrogens with zero attached hydrogens (tertiary/aromatic N) is 2. The summed E-state index contributed by atoms with van der Waals surface area (Å²) in [6, 6.07) is 13.6. The first-order valence-electron chi connectivity index (χ1n) is 12.8. The van der Waals surface area contributed by atoms with Crippen LogP contribution in [0.25, 0.3) is 11.3 Å². The van der Waals surface area contributed by atoms with Crippen molar-refractivity contribution < 1.29 is 23.8 Å². The molecule has 0 saturated carbocycles. The van der Waals surface area contributed by atoms with Crippen LogP contribution in [0, 0.1) is 0 Å². The smallest absolute Gasteiger partial charge is 0.273 e. The lowest BCUT2D eigenvalue weighted by Gasteiger charge is -2.26. The van der Waals surface area contributed by atoms with Gasteiger partial charge >= 0.3 is 0 Å². The number of benzene rings is 2. The van der Waals surface area contributed by atoms with E-state index in [4.69, 9.17) is 25.5 Å². The molecule has 2 aromatic carbocycles. The number of ether oxygens (including phenoxy) is 2. The molecule has 38 heavy (non-hydrogen) atoms. The second kappa shape index (κ2) is 11.2. The molecular formula is C29H30ClN3O5. The van der Waals surface area contributed by atoms with Gasteiger partial charge in [0.1, 0.15) is 22.9 Å². The summed E-state index contributed by atoms with van der Waals surface area (Å²) in [6.45, 7) is 5.39. The van der Waals surface area contributed by atoms with Crippen molar-refractivity contribution in [2.75, 3.05) is 13.2 Å². The number of amides is 1. The second-order valence-corrected chi connectivity index (χ2v) is 9.57. The maximum Gasteiger partial charge on any atom is 0.273 e. The van der Waals surface area contributed by atoms with Crippen molar-refractivity contribution in [2.24, 2.45) is 0 Å². The maximum atomic E-state index is 13.7. The van der Waals surface area contributed by atoms with Gasteiger partial charge in [0.25, 0.3) is 5.91 Å². The van der Waals surface area contributed by atoms with Crippen LogP contribution >= 0.6 is 11.6 Å². The lowest BCUT2D eigenvalue weighted by Crippen LogP contribution is -2.29. The van der Waals surface area contributed by atoms with Crippen LogP contribution in [0.5, 0.6) is 17.2 Å². The van der Waals surface area contributed by atoms with Crippen molar-refractivity contribution in [3.05, 3.63) is 82.4 Å². The van der Waals surface area contributed by atoms with E-state index in [2.05, 4.69) is 17.1 Å². The first-order chi connectivity index (χ1) is 18.5. The quantitative estimate of drug-likeness (QED) is 0.206. The van der Waals surface area contributed by atoms with Gasteiger partial charge in [0, 0.05) is 16.1 Å². The van der Waals surface area contributed by atoms with Gasteiger partial charge in [0.05, 0.1) is 32.1 Å². The van der Waals surface area contributed by atoms with Gasteiger partial charge in [-0.15, -0.1) is 0 Å². The molecule has 1 aliphatic rings. The molecule has 8 nitrogen and oxygen atoms in total. The fraction of sp³-hybridized carbons (Fsp3) is 0.310. The number of hydrogen-bond donors (Lipinski definition) is 2. The highest BCUT2D eigenvalue weighted by atomic mass is 35.5. The molecule has 198 valence electrons. The summed E-state index contributed by atoms with van der Waals surface area (Å²) in [5.41, 5.74) is 2.72. The van der Waals surface area contributed by atoms with Gasteiger partial charge in [0.15, 0.2) is 11.5 Å². The molecule has 1 aliphatic heterocycles. The number of phenols is 1. The average Bonchev–Trinajstić information content (AvgIpc) is 3.64. The number of unbranched alkanes of at least 4 members (excludes halogenated alkanes) is 2. The minimum absolute atomic E-state index is 0.0187. The lowest BCUT2D eigenvalue weighted by atomic mass is 9.95. The Labute approximate surface area is 226 Å². The third-order valence-corrected chi connectivity index (χ3v) is 6.81. The van der Waals surface area contributed by atoms with Crippen LogP contribution < -0.4 is 9.47 Å². The van der Waals surface area contributed by atoms with Crippen LogP contribution in [0.4, 0.5) is 0 Å². The van der Waals surface area contributed by atoms with E-state index < -0.39 is 6.04 Å². The molecular weight excluding hydrogens is 506 g/mol. The fourth-order valence-electron chi connectivity index (χ4n) is 4.80. The van der Waals surface area contributed by atoms with Crippen LogP contribution in [0.15, 0.2) is 59.2 Å². The van der Waals surface area contributed by atoms with E-state index in [9.17, 15) is 9.90 Å². The number of nitrogens with one attached hydrogen (secondary N) is 1. The molecule has 0 aliphatic carbocycles. The van der Waals surface area contributed by atoms with Crippen molar-refractivity contribution in [3.8, 4) is 28.5 Å². The number of rotatable bonds is 11. The number of aromatic nitrogens is 2. The van der Waals surface area contributed by atoms with E-state index in [-0.39, 0.29) is 18.2 Å². The number of carbonyl (C=O) groups excluding carboxylic acids is 1. The molecule has 9 heteroatoms. The van der Waals surface area contributed by atoms with Crippen LogP contribution in [0.1, 0.15) is 66.5 Å². The van der Waals surface area contributed by atoms with Crippen molar-refractivity contribution in [1.29, 1.82) is 0 Å². The van der Waals surface area contributed by atoms with Crippen molar-refractivity contribution in [2.45, 2.75) is 45.7 Å². The first-order valence-corrected chi connectivity index (χ1v) is 13.2. The molecule has 0 fully saturated rings. The minimum atomic E-state index is -0.525. The summed E-state index contributed by atoms with van der Waals surface area (Å²) in [5.74, 6) is 1.71. The summed E-state index contributed by atoms with van der Waals surface area (Å²) in [5, 5.41) is 18.4. The number of H-pyrrole nitrogens is 1. The minimum Gasteiger partial charge on any atom is -0.507 e. The fourth-order valence-corrected chi connectivity index (χ4v) is 4.97. The van der Waals surface area contributed by atoms with E-state index in [0.717, 1.165) is 24.8 Å². The predicted octanol–water partition coefficient (Wildman–Crippen LogP) is 6.74. The number of hydrogen-bond acceptors (Lipinski definition) is 6. The Morgan fingerprint density at radius 2 is 1.97 bits per heavy atom. The Balaban J connectivity index is 1.60. The van der Waals surface area contributed by atoms with Gasteiger partial charge in [-0.2, -0.15) is 5.10 Å². The molecule has 4 aromatic rings. The Kier molecular flexibility index (Phi) is 7.60. The largest absolute Gasteiger partial charge is 0.507 e. The Bertz CT molecular complexity index is 1420. The SMILES string of the molecule is CCCCCOc1ccc(C2c3c(-c4cc(Cl)ccc4O)n[nH]c3C(=O)N2Cc2ccco2)cc1OCC. The van der Waals surface area contributed by atoms with Gasteiger partial charge in [-0.3, -0.25) is 9.89 Å². The summed E-state index contributed by atoms with van der Waals surface area (Å²) in [6.07, 6.45) is 4.75. The summed E-state index contributed by atoms with van der Waals surface area (Å²) < 4.78 is 17.6. The number of aromatic amines is 1. The normalized spacial score (nSPS) is 14.7. The number of phenolic OH excluding ortho intramolecular Hbond substituents is 1. The molecule has 0 bridgehead atoms. The predicted molar refractivity (Wildman–Crippen MR) is 144 cm³/mol. The number of carbonyl (C=O) groups is 1. The van der Waals surface area contributed by atoms with Crippen molar-refractivity contribution in [1.82, 2.24) is 15.1 Å². The first kappa shape index (κ1) is 25.7. The number of furan rings is 1. The third kappa shape index (κ3) is 4.96. The molecule has 1 atom stereocenters. The second-order valence-electron chi connectivity index (χ2n) is 9.13. The Morgan fingerprint density at radius 3 is 2.74 bits per heavy atom. The van der Waals surface area contributed by atoms with Crippen LogP contribution in [0.3, 0.4) is 0 Å². The molecule has 1 amide bonds. The third-order valence-electron chi connectivity index (χ3n) is 6.57. The molecule has 3 heterocycles. The van der Waals surface area contributed by atoms with Gasteiger partial charge in [-0.05, 0) is 61.4 Å². The highest BCUT2D eigenvalue weighted by molar-refractivity contribution is 6.31. The zero-order chi connectivity index (χ0) is 26.6. The molecule has 2 aromatic heterocycles. The standard InChI is InChI=1S/C29H30ClN3O5/c1-3-5-6-13-38-23-12-9-18(15-24(23)36-4-2)28-25-26(21-16-19(30)10-11-22(21)34)31-32-27(25)29(35)33(28)17-20-8-7-14-37-20/h7-12,14-16,28,34H,3-6,13,17H2,1-2H3,(H,31,32). The van der Waals surface area contributed by atoms with Crippen molar-refractivity contribution in [3.63, 3.8) is 0 Å². The number of halogens is 1. The number of aromatic hydroxyl groups is 1. The van der Waals surface area contributed by atoms with E-state index in [0.29, 0.717) is 58.0 Å². The number of fused-ring (bicyclic) bond motifs is 1. The molecule has 5 rings (SSSR count). The summed E-state index contributed by atoms with van der Waals surface area (Å²) >= 11 is 6.26. The van der Waals surface area contributed by atoms with E-state index in [1.165, 1.54) is 6.07 Å².